The summed E-state index contributed by atoms with van der Waals surface area (Å²) in [7, 11) is 1.38. The molecule has 0 aromatic carbocycles. The minimum Gasteiger partial charge on any atom is -0.467 e. The Bertz CT molecular complexity index is 309. The van der Waals surface area contributed by atoms with Crippen molar-refractivity contribution in [3.8, 4) is 12.0 Å². The molecule has 0 atom stereocenters. The van der Waals surface area contributed by atoms with Gasteiger partial charge < -0.3 is 9.47 Å². The Labute approximate surface area is 68.6 Å². The van der Waals surface area contributed by atoms with Gasteiger partial charge in [0.15, 0.2) is 0 Å². The van der Waals surface area contributed by atoms with Gasteiger partial charge in [0.25, 0.3) is 0 Å². The highest BCUT2D eigenvalue weighted by Crippen LogP contribution is 2.02. The van der Waals surface area contributed by atoms with Gasteiger partial charge in [-0.2, -0.15) is 0 Å². The molecule has 1 rings (SSSR count). The molecule has 0 fully saturated rings. The summed E-state index contributed by atoms with van der Waals surface area (Å²) < 4.78 is 9.60. The lowest BCUT2D eigenvalue weighted by Gasteiger charge is -2.01. The third kappa shape index (κ3) is 1.94. The molecule has 0 aliphatic heterocycles. The number of ether oxygens (including phenoxy) is 2. The summed E-state index contributed by atoms with van der Waals surface area (Å²) in [6, 6.07) is 0.122. The molecule has 0 amide bonds. The van der Waals surface area contributed by atoms with E-state index in [1.807, 2.05) is 0 Å². The van der Waals surface area contributed by atoms with Crippen molar-refractivity contribution in [3.05, 3.63) is 10.5 Å². The van der Waals surface area contributed by atoms with Gasteiger partial charge in [-0.05, 0) is 6.92 Å². The fraction of sp³-hybridized carbons (Fsp3) is 0.500. The molecule has 0 saturated carbocycles. The number of aromatic nitrogens is 3. The summed E-state index contributed by atoms with van der Waals surface area (Å²) in [5, 5.41) is 0. The Morgan fingerprint density at radius 1 is 1.50 bits per heavy atom. The number of rotatable bonds is 3. The van der Waals surface area contributed by atoms with Crippen molar-refractivity contribution >= 4 is 0 Å². The van der Waals surface area contributed by atoms with Crippen LogP contribution in [0.2, 0.25) is 0 Å². The lowest BCUT2D eigenvalue weighted by atomic mass is 10.8. The van der Waals surface area contributed by atoms with Crippen LogP contribution in [0.4, 0.5) is 0 Å². The molecule has 0 saturated heterocycles. The Morgan fingerprint density at radius 2 is 2.25 bits per heavy atom. The maximum absolute atomic E-state index is 10.8. The number of nitrogens with zero attached hydrogens (tertiary/aromatic N) is 2. The van der Waals surface area contributed by atoms with E-state index in [1.54, 1.807) is 6.92 Å². The van der Waals surface area contributed by atoms with Crippen LogP contribution in [0.3, 0.4) is 0 Å². The van der Waals surface area contributed by atoms with Gasteiger partial charge in [-0.3, -0.25) is 4.98 Å². The molecule has 66 valence electrons. The molecule has 1 aromatic rings. The number of aromatic amines is 1. The molecule has 0 aliphatic carbocycles. The number of methoxy groups -OCH3 is 1. The van der Waals surface area contributed by atoms with Crippen molar-refractivity contribution < 1.29 is 9.47 Å². The molecule has 0 spiro atoms. The first-order chi connectivity index (χ1) is 5.76. The molecule has 1 aromatic heterocycles. The molecule has 12 heavy (non-hydrogen) atoms. The first-order valence-corrected chi connectivity index (χ1v) is 3.41. The van der Waals surface area contributed by atoms with Crippen molar-refractivity contribution in [1.29, 1.82) is 0 Å². The van der Waals surface area contributed by atoms with Crippen LogP contribution in [0.5, 0.6) is 12.0 Å². The molecule has 6 nitrogen and oxygen atoms in total. The first kappa shape index (κ1) is 8.51. The van der Waals surface area contributed by atoms with Crippen molar-refractivity contribution in [2.45, 2.75) is 6.92 Å². The van der Waals surface area contributed by atoms with Crippen molar-refractivity contribution in [2.75, 3.05) is 13.7 Å². The van der Waals surface area contributed by atoms with Crippen LogP contribution in [-0.4, -0.2) is 28.7 Å². The predicted molar refractivity (Wildman–Crippen MR) is 40.4 cm³/mol. The Hall–Kier alpha value is -1.59. The quantitative estimate of drug-likeness (QED) is 0.667. The SMILES string of the molecule is CCOc1nc(OC)nc(=O)[nH]1. The van der Waals surface area contributed by atoms with Gasteiger partial charge in [-0.1, -0.05) is 0 Å². The minimum atomic E-state index is -0.537. The van der Waals surface area contributed by atoms with E-state index >= 15 is 0 Å². The molecule has 0 aliphatic rings. The zero-order valence-electron chi connectivity index (χ0n) is 6.83. The largest absolute Gasteiger partial charge is 0.467 e. The third-order valence-electron chi connectivity index (χ3n) is 1.07. The van der Waals surface area contributed by atoms with Crippen molar-refractivity contribution in [2.24, 2.45) is 0 Å². The van der Waals surface area contributed by atoms with E-state index in [2.05, 4.69) is 19.7 Å². The van der Waals surface area contributed by atoms with Crippen LogP contribution in [0, 0.1) is 0 Å². The summed E-state index contributed by atoms with van der Waals surface area (Å²) in [6.07, 6.45) is 0. The van der Waals surface area contributed by atoms with E-state index < -0.39 is 5.69 Å². The maximum atomic E-state index is 10.8. The lowest BCUT2D eigenvalue weighted by molar-refractivity contribution is 0.295. The number of H-pyrrole nitrogens is 1. The molecule has 0 unspecified atom stereocenters. The molecule has 0 radical (unpaired) electrons. The molecular formula is C6H9N3O3. The van der Waals surface area contributed by atoms with Crippen LogP contribution in [-0.2, 0) is 0 Å². The van der Waals surface area contributed by atoms with Gasteiger partial charge >= 0.3 is 17.7 Å². The lowest BCUT2D eigenvalue weighted by Crippen LogP contribution is -2.14. The van der Waals surface area contributed by atoms with E-state index in [-0.39, 0.29) is 12.0 Å². The van der Waals surface area contributed by atoms with Gasteiger partial charge in [0, 0.05) is 0 Å². The number of hydrogen-bond acceptors (Lipinski definition) is 5. The van der Waals surface area contributed by atoms with E-state index in [0.29, 0.717) is 6.61 Å². The van der Waals surface area contributed by atoms with Gasteiger partial charge in [-0.25, -0.2) is 4.79 Å². The van der Waals surface area contributed by atoms with E-state index in [0.717, 1.165) is 0 Å². The van der Waals surface area contributed by atoms with Crippen LogP contribution in [0.15, 0.2) is 4.79 Å². The molecular weight excluding hydrogens is 162 g/mol. The van der Waals surface area contributed by atoms with Gasteiger partial charge in [-0.15, -0.1) is 9.97 Å². The maximum Gasteiger partial charge on any atom is 0.353 e. The highest BCUT2D eigenvalue weighted by Gasteiger charge is 2.01. The molecule has 1 heterocycles. The van der Waals surface area contributed by atoms with Gasteiger partial charge in [0.2, 0.25) is 0 Å². The van der Waals surface area contributed by atoms with Crippen LogP contribution >= 0.6 is 0 Å². The second kappa shape index (κ2) is 3.70. The van der Waals surface area contributed by atoms with Gasteiger partial charge in [0.1, 0.15) is 0 Å². The minimum absolute atomic E-state index is 0.00204. The van der Waals surface area contributed by atoms with E-state index in [9.17, 15) is 4.79 Å². The Morgan fingerprint density at radius 3 is 2.83 bits per heavy atom. The van der Waals surface area contributed by atoms with Gasteiger partial charge in [0.05, 0.1) is 13.7 Å². The highest BCUT2D eigenvalue weighted by molar-refractivity contribution is 4.99. The van der Waals surface area contributed by atoms with Crippen LogP contribution in [0.25, 0.3) is 0 Å². The smallest absolute Gasteiger partial charge is 0.353 e. The summed E-state index contributed by atoms with van der Waals surface area (Å²) in [4.78, 5) is 20.2. The molecule has 1 N–H and O–H groups in total. The van der Waals surface area contributed by atoms with E-state index in [4.69, 9.17) is 4.74 Å². The van der Waals surface area contributed by atoms with Crippen molar-refractivity contribution in [3.63, 3.8) is 0 Å². The summed E-state index contributed by atoms with van der Waals surface area (Å²) in [6.45, 7) is 2.21. The predicted octanol–water partition coefficient (Wildman–Crippen LogP) is -0.428. The third-order valence-corrected chi connectivity index (χ3v) is 1.07. The topological polar surface area (TPSA) is 77.1 Å². The normalized spacial score (nSPS) is 9.50. The zero-order valence-corrected chi connectivity index (χ0v) is 6.83. The second-order valence-corrected chi connectivity index (χ2v) is 1.88. The fourth-order valence-electron chi connectivity index (χ4n) is 0.642. The van der Waals surface area contributed by atoms with E-state index in [1.165, 1.54) is 7.11 Å². The second-order valence-electron chi connectivity index (χ2n) is 1.88. The van der Waals surface area contributed by atoms with Crippen molar-refractivity contribution in [1.82, 2.24) is 15.0 Å². The van der Waals surface area contributed by atoms with Crippen LogP contribution in [0.1, 0.15) is 6.92 Å². The monoisotopic (exact) mass is 171 g/mol. The average molecular weight is 171 g/mol. The Kier molecular flexibility index (Phi) is 2.62. The standard InChI is InChI=1S/C6H9N3O3/c1-3-12-6-8-4(10)7-5(9-6)11-2/h3H2,1-2H3,(H,7,8,9,10). The highest BCUT2D eigenvalue weighted by atomic mass is 16.5. The number of nitrogens with one attached hydrogen (secondary N) is 1. The zero-order chi connectivity index (χ0) is 8.97. The summed E-state index contributed by atoms with van der Waals surface area (Å²) in [5.41, 5.74) is -0.537. The summed E-state index contributed by atoms with van der Waals surface area (Å²) in [5.74, 6) is 0. The van der Waals surface area contributed by atoms with Crippen LogP contribution < -0.4 is 15.2 Å². The fourth-order valence-corrected chi connectivity index (χ4v) is 0.642. The Balaban J connectivity index is 2.98. The average Bonchev–Trinajstić information content (AvgIpc) is 2.04. The first-order valence-electron chi connectivity index (χ1n) is 3.41. The molecule has 6 heteroatoms. The molecule has 0 bridgehead atoms. The summed E-state index contributed by atoms with van der Waals surface area (Å²) >= 11 is 0. The number of hydrogen-bond donors (Lipinski definition) is 1.